The molecule has 4 heteroatoms. The van der Waals surface area contributed by atoms with Crippen LogP contribution in [0.2, 0.25) is 0 Å². The molecule has 0 amide bonds. The summed E-state index contributed by atoms with van der Waals surface area (Å²) in [5, 5.41) is 0. The van der Waals surface area contributed by atoms with Gasteiger partial charge in [0, 0.05) is 23.7 Å². The Balaban J connectivity index is 1.93. The summed E-state index contributed by atoms with van der Waals surface area (Å²) >= 11 is 0. The van der Waals surface area contributed by atoms with E-state index in [0.29, 0.717) is 22.9 Å². The Labute approximate surface area is 111 Å². The fraction of sp³-hybridized carbons (Fsp3) is 0.267. The maximum Gasteiger partial charge on any atom is 0.132 e. The van der Waals surface area contributed by atoms with E-state index < -0.39 is 0 Å². The summed E-state index contributed by atoms with van der Waals surface area (Å²) in [6.45, 7) is 0. The Morgan fingerprint density at radius 2 is 2.11 bits per heavy atom. The van der Waals surface area contributed by atoms with Crippen molar-refractivity contribution in [2.45, 2.75) is 18.4 Å². The molecule has 2 atom stereocenters. The highest BCUT2D eigenvalue weighted by Crippen LogP contribution is 2.39. The third kappa shape index (κ3) is 2.31. The van der Waals surface area contributed by atoms with Gasteiger partial charge in [0.1, 0.15) is 11.6 Å². The predicted octanol–water partition coefficient (Wildman–Crippen LogP) is 2.71. The normalized spacial score (nSPS) is 21.2. The lowest BCUT2D eigenvalue weighted by atomic mass is 10.1. The van der Waals surface area contributed by atoms with Crippen LogP contribution in [0, 0.1) is 5.82 Å². The number of ether oxygens (including phenoxy) is 1. The molecule has 1 aromatic heterocycles. The Bertz CT molecular complexity index is 598. The fourth-order valence-electron chi connectivity index (χ4n) is 2.21. The van der Waals surface area contributed by atoms with E-state index in [2.05, 4.69) is 4.98 Å². The zero-order chi connectivity index (χ0) is 13.4. The summed E-state index contributed by atoms with van der Waals surface area (Å²) in [7, 11) is 1.56. The highest BCUT2D eigenvalue weighted by molar-refractivity contribution is 5.62. The molecular formula is C15H15FN2O. The summed E-state index contributed by atoms with van der Waals surface area (Å²) in [5.41, 5.74) is 7.99. The first kappa shape index (κ1) is 12.1. The van der Waals surface area contributed by atoms with Crippen molar-refractivity contribution in [1.29, 1.82) is 0 Å². The molecule has 0 spiro atoms. The number of methoxy groups -OCH3 is 1. The van der Waals surface area contributed by atoms with Crippen LogP contribution >= 0.6 is 0 Å². The van der Waals surface area contributed by atoms with Crippen molar-refractivity contribution in [2.75, 3.05) is 7.11 Å². The third-order valence-corrected chi connectivity index (χ3v) is 3.50. The predicted molar refractivity (Wildman–Crippen MR) is 71.5 cm³/mol. The van der Waals surface area contributed by atoms with Crippen LogP contribution in [0.15, 0.2) is 36.5 Å². The van der Waals surface area contributed by atoms with Gasteiger partial charge in [0.2, 0.25) is 0 Å². The molecule has 0 saturated heterocycles. The first-order valence-corrected chi connectivity index (χ1v) is 6.24. The van der Waals surface area contributed by atoms with Crippen molar-refractivity contribution in [1.82, 2.24) is 4.98 Å². The Morgan fingerprint density at radius 3 is 2.68 bits per heavy atom. The van der Waals surface area contributed by atoms with Gasteiger partial charge in [0.15, 0.2) is 0 Å². The molecule has 0 bridgehead atoms. The molecule has 0 unspecified atom stereocenters. The average molecular weight is 258 g/mol. The maximum atomic E-state index is 13.8. The van der Waals surface area contributed by atoms with E-state index in [9.17, 15) is 4.39 Å². The minimum atomic E-state index is -0.302. The number of pyridine rings is 1. The van der Waals surface area contributed by atoms with Crippen molar-refractivity contribution in [3.63, 3.8) is 0 Å². The van der Waals surface area contributed by atoms with Gasteiger partial charge < -0.3 is 10.5 Å². The average Bonchev–Trinajstić information content (AvgIpc) is 3.17. The van der Waals surface area contributed by atoms with Crippen LogP contribution in [0.25, 0.3) is 11.3 Å². The Morgan fingerprint density at radius 1 is 1.32 bits per heavy atom. The molecule has 1 fully saturated rings. The van der Waals surface area contributed by atoms with E-state index in [0.717, 1.165) is 12.0 Å². The first-order chi connectivity index (χ1) is 9.19. The van der Waals surface area contributed by atoms with Gasteiger partial charge in [-0.25, -0.2) is 4.39 Å². The van der Waals surface area contributed by atoms with Crippen LogP contribution in [0.1, 0.15) is 17.9 Å². The van der Waals surface area contributed by atoms with Crippen molar-refractivity contribution in [3.05, 3.63) is 47.9 Å². The van der Waals surface area contributed by atoms with Crippen LogP contribution in [-0.2, 0) is 0 Å². The van der Waals surface area contributed by atoms with Gasteiger partial charge in [0.25, 0.3) is 0 Å². The lowest BCUT2D eigenvalue weighted by Crippen LogP contribution is -2.01. The van der Waals surface area contributed by atoms with E-state index >= 15 is 0 Å². The van der Waals surface area contributed by atoms with E-state index in [1.54, 1.807) is 25.4 Å². The van der Waals surface area contributed by atoms with Gasteiger partial charge >= 0.3 is 0 Å². The smallest absolute Gasteiger partial charge is 0.132 e. The van der Waals surface area contributed by atoms with Gasteiger partial charge in [-0.2, -0.15) is 0 Å². The molecular weight excluding hydrogens is 243 g/mol. The number of hydrogen-bond donors (Lipinski definition) is 1. The topological polar surface area (TPSA) is 48.1 Å². The number of hydrogen-bond acceptors (Lipinski definition) is 3. The zero-order valence-electron chi connectivity index (χ0n) is 10.6. The Hall–Kier alpha value is -1.94. The second-order valence-corrected chi connectivity index (χ2v) is 4.83. The summed E-state index contributed by atoms with van der Waals surface area (Å²) in [5.74, 6) is 0.729. The zero-order valence-corrected chi connectivity index (χ0v) is 10.6. The van der Waals surface area contributed by atoms with Crippen molar-refractivity contribution >= 4 is 0 Å². The highest BCUT2D eigenvalue weighted by Gasteiger charge is 2.34. The molecule has 3 rings (SSSR count). The summed E-state index contributed by atoms with van der Waals surface area (Å²) in [6, 6.07) is 8.69. The van der Waals surface area contributed by atoms with Crippen LogP contribution in [0.5, 0.6) is 5.75 Å². The van der Waals surface area contributed by atoms with Crippen molar-refractivity contribution in [3.8, 4) is 17.0 Å². The second kappa shape index (κ2) is 4.63. The molecule has 3 nitrogen and oxygen atoms in total. The van der Waals surface area contributed by atoms with Gasteiger partial charge in [0.05, 0.1) is 12.8 Å². The second-order valence-electron chi connectivity index (χ2n) is 4.83. The number of halogens is 1. The van der Waals surface area contributed by atoms with E-state index in [1.165, 1.54) is 6.07 Å². The lowest BCUT2D eigenvalue weighted by Gasteiger charge is -2.06. The van der Waals surface area contributed by atoms with Gasteiger partial charge in [-0.1, -0.05) is 6.07 Å². The summed E-state index contributed by atoms with van der Waals surface area (Å²) < 4.78 is 18.9. The largest absolute Gasteiger partial charge is 0.497 e. The number of rotatable bonds is 3. The van der Waals surface area contributed by atoms with E-state index in [1.807, 2.05) is 12.1 Å². The van der Waals surface area contributed by atoms with Gasteiger partial charge in [-0.3, -0.25) is 4.98 Å². The lowest BCUT2D eigenvalue weighted by molar-refractivity contribution is 0.414. The van der Waals surface area contributed by atoms with Crippen molar-refractivity contribution in [2.24, 2.45) is 5.73 Å². The first-order valence-electron chi connectivity index (χ1n) is 6.24. The molecule has 0 aliphatic heterocycles. The standard InChI is InChI=1S/C15H15FN2O/c1-19-10-3-4-13(16)12(6-10)15-5-2-9(8-18-15)11-7-14(11)17/h2-6,8,11,14H,7,17H2,1H3/t11-,14+/m0/s1. The molecule has 19 heavy (non-hydrogen) atoms. The van der Waals surface area contributed by atoms with E-state index in [-0.39, 0.29) is 11.9 Å². The molecule has 1 aliphatic carbocycles. The Kier molecular flexibility index (Phi) is 2.95. The number of nitrogens with zero attached hydrogens (tertiary/aromatic N) is 1. The summed E-state index contributed by atoms with van der Waals surface area (Å²) in [4.78, 5) is 4.33. The monoisotopic (exact) mass is 258 g/mol. The molecule has 1 aliphatic rings. The van der Waals surface area contributed by atoms with Crippen LogP contribution in [0.4, 0.5) is 4.39 Å². The minimum absolute atomic E-state index is 0.251. The van der Waals surface area contributed by atoms with E-state index in [4.69, 9.17) is 10.5 Å². The molecule has 2 N–H and O–H groups in total. The molecule has 0 radical (unpaired) electrons. The minimum Gasteiger partial charge on any atom is -0.497 e. The number of benzene rings is 1. The van der Waals surface area contributed by atoms with Gasteiger partial charge in [-0.15, -0.1) is 0 Å². The summed E-state index contributed by atoms with van der Waals surface area (Å²) in [6.07, 6.45) is 2.79. The number of nitrogens with two attached hydrogens (primary N) is 1. The van der Waals surface area contributed by atoms with Crippen LogP contribution in [0.3, 0.4) is 0 Å². The highest BCUT2D eigenvalue weighted by atomic mass is 19.1. The molecule has 1 aromatic carbocycles. The molecule has 1 heterocycles. The van der Waals surface area contributed by atoms with Crippen molar-refractivity contribution < 1.29 is 9.13 Å². The third-order valence-electron chi connectivity index (χ3n) is 3.50. The van der Waals surface area contributed by atoms with Crippen LogP contribution < -0.4 is 10.5 Å². The van der Waals surface area contributed by atoms with Gasteiger partial charge in [-0.05, 0) is 36.2 Å². The number of aromatic nitrogens is 1. The SMILES string of the molecule is COc1ccc(F)c(-c2ccc([C@@H]3C[C@H]3N)cn2)c1. The fourth-order valence-corrected chi connectivity index (χ4v) is 2.21. The molecule has 1 saturated carbocycles. The van der Waals surface area contributed by atoms with Crippen LogP contribution in [-0.4, -0.2) is 18.1 Å². The quantitative estimate of drug-likeness (QED) is 0.920. The molecule has 2 aromatic rings. The maximum absolute atomic E-state index is 13.8. The molecule has 98 valence electrons.